The smallest absolute Gasteiger partial charge is 0.343 e. The minimum Gasteiger partial charge on any atom is -0.422 e. The summed E-state index contributed by atoms with van der Waals surface area (Å²) in [5.41, 5.74) is 3.63. The average Bonchev–Trinajstić information content (AvgIpc) is 3.17. The fraction of sp³-hybridized carbons (Fsp3) is 0.120. The van der Waals surface area contributed by atoms with Gasteiger partial charge in [-0.1, -0.05) is 53.7 Å². The van der Waals surface area contributed by atoms with Crippen molar-refractivity contribution in [2.24, 2.45) is 10.2 Å². The molecule has 0 aromatic heterocycles. The molecule has 3 aromatic carbocycles. The first-order valence-electron chi connectivity index (χ1n) is 10.1. The lowest BCUT2D eigenvalue weighted by Crippen LogP contribution is -2.29. The van der Waals surface area contributed by atoms with Crippen molar-refractivity contribution < 1.29 is 14.3 Å². The quantitative estimate of drug-likeness (QED) is 0.206. The zero-order valence-corrected chi connectivity index (χ0v) is 19.6. The summed E-state index contributed by atoms with van der Waals surface area (Å²) in [7, 11) is 0. The lowest BCUT2D eigenvalue weighted by molar-refractivity contribution is -0.115. The number of para-hydroxylation sites is 1. The van der Waals surface area contributed by atoms with E-state index in [2.05, 4.69) is 10.2 Å². The van der Waals surface area contributed by atoms with Crippen LogP contribution in [0.5, 0.6) is 5.75 Å². The van der Waals surface area contributed by atoms with Gasteiger partial charge in [-0.05, 0) is 61.4 Å². The van der Waals surface area contributed by atoms with Gasteiger partial charge in [-0.25, -0.2) is 4.79 Å². The maximum atomic E-state index is 12.7. The molecule has 33 heavy (non-hydrogen) atoms. The fourth-order valence-electron chi connectivity index (χ4n) is 3.25. The molecule has 166 valence electrons. The molecule has 3 aromatic rings. The van der Waals surface area contributed by atoms with Crippen molar-refractivity contribution in [2.75, 3.05) is 10.7 Å². The number of anilines is 1. The molecule has 0 atom stereocenters. The molecule has 0 N–H and O–H groups in total. The van der Waals surface area contributed by atoms with Gasteiger partial charge >= 0.3 is 5.97 Å². The van der Waals surface area contributed by atoms with Crippen molar-refractivity contribution in [3.05, 3.63) is 94.0 Å². The van der Waals surface area contributed by atoms with Gasteiger partial charge in [-0.2, -0.15) is 5.10 Å². The zero-order valence-electron chi connectivity index (χ0n) is 18.0. The minimum absolute atomic E-state index is 0.0981. The fourth-order valence-corrected chi connectivity index (χ4v) is 4.26. The van der Waals surface area contributed by atoms with Gasteiger partial charge in [0.1, 0.15) is 5.75 Å². The molecule has 0 bridgehead atoms. The Labute approximate surface area is 200 Å². The largest absolute Gasteiger partial charge is 0.422 e. The highest BCUT2D eigenvalue weighted by Crippen LogP contribution is 2.28. The first kappa shape index (κ1) is 22.8. The van der Waals surface area contributed by atoms with E-state index in [9.17, 15) is 9.59 Å². The highest BCUT2D eigenvalue weighted by molar-refractivity contribution is 8.15. The maximum Gasteiger partial charge on any atom is 0.343 e. The van der Waals surface area contributed by atoms with E-state index >= 15 is 0 Å². The standard InChI is InChI=1S/C25H20ClN3O3S/c1-16-7-5-11-21(17(16)2)24(31)32-22-12-4-3-8-18(22)14-27-28-25-29(23(30)15-33-25)20-10-6-9-19(26)13-20/h3-14H,15H2,1-2H3. The lowest BCUT2D eigenvalue weighted by Gasteiger charge is -2.15. The molecule has 1 saturated heterocycles. The van der Waals surface area contributed by atoms with Gasteiger partial charge in [0, 0.05) is 10.6 Å². The van der Waals surface area contributed by atoms with Crippen LogP contribution in [0.25, 0.3) is 0 Å². The number of benzene rings is 3. The van der Waals surface area contributed by atoms with Crippen LogP contribution >= 0.6 is 23.4 Å². The van der Waals surface area contributed by atoms with E-state index in [1.165, 1.54) is 22.9 Å². The number of amides is 1. The number of carbonyl (C=O) groups excluding carboxylic acids is 2. The number of nitrogens with zero attached hydrogens (tertiary/aromatic N) is 3. The topological polar surface area (TPSA) is 71.3 Å². The van der Waals surface area contributed by atoms with Crippen LogP contribution in [0.4, 0.5) is 5.69 Å². The van der Waals surface area contributed by atoms with Crippen LogP contribution in [0.1, 0.15) is 27.0 Å². The van der Waals surface area contributed by atoms with E-state index in [-0.39, 0.29) is 11.7 Å². The van der Waals surface area contributed by atoms with Crippen LogP contribution in [-0.4, -0.2) is 29.0 Å². The average molecular weight is 478 g/mol. The summed E-state index contributed by atoms with van der Waals surface area (Å²) >= 11 is 7.36. The second kappa shape index (κ2) is 10.0. The van der Waals surface area contributed by atoms with Gasteiger partial charge < -0.3 is 4.74 Å². The Kier molecular flexibility index (Phi) is 6.91. The van der Waals surface area contributed by atoms with E-state index in [4.69, 9.17) is 16.3 Å². The number of esters is 1. The Morgan fingerprint density at radius 2 is 1.88 bits per heavy atom. The van der Waals surface area contributed by atoms with Gasteiger partial charge in [-0.15, -0.1) is 5.10 Å². The number of halogens is 1. The molecule has 0 unspecified atom stereocenters. The molecule has 8 heteroatoms. The van der Waals surface area contributed by atoms with Crippen LogP contribution < -0.4 is 9.64 Å². The molecule has 6 nitrogen and oxygen atoms in total. The molecule has 0 saturated carbocycles. The lowest BCUT2D eigenvalue weighted by atomic mass is 10.0. The van der Waals surface area contributed by atoms with E-state index < -0.39 is 5.97 Å². The highest BCUT2D eigenvalue weighted by atomic mass is 35.5. The number of carbonyl (C=O) groups is 2. The molecule has 1 fully saturated rings. The van der Waals surface area contributed by atoms with Crippen molar-refractivity contribution in [1.82, 2.24) is 0 Å². The summed E-state index contributed by atoms with van der Waals surface area (Å²) in [6.45, 7) is 3.84. The number of ether oxygens (including phenoxy) is 1. The summed E-state index contributed by atoms with van der Waals surface area (Å²) in [5.74, 6) is 0.103. The molecule has 0 spiro atoms. The summed E-state index contributed by atoms with van der Waals surface area (Å²) in [6.07, 6.45) is 1.50. The number of hydrogen-bond donors (Lipinski definition) is 0. The summed E-state index contributed by atoms with van der Waals surface area (Å²) in [5, 5.41) is 9.36. The van der Waals surface area contributed by atoms with E-state index in [1.54, 1.807) is 48.5 Å². The Morgan fingerprint density at radius 3 is 2.70 bits per heavy atom. The van der Waals surface area contributed by atoms with Crippen LogP contribution in [0, 0.1) is 13.8 Å². The Morgan fingerprint density at radius 1 is 1.09 bits per heavy atom. The van der Waals surface area contributed by atoms with Crippen LogP contribution in [-0.2, 0) is 4.79 Å². The van der Waals surface area contributed by atoms with Crippen molar-refractivity contribution >= 4 is 52.3 Å². The second-order valence-electron chi connectivity index (χ2n) is 7.30. The predicted molar refractivity (Wildman–Crippen MR) is 134 cm³/mol. The Balaban J connectivity index is 1.56. The molecule has 1 aliphatic heterocycles. The molecule has 4 rings (SSSR count). The second-order valence-corrected chi connectivity index (χ2v) is 8.68. The molecule has 0 radical (unpaired) electrons. The van der Waals surface area contributed by atoms with Gasteiger partial charge in [0.05, 0.1) is 23.2 Å². The molecular formula is C25H20ClN3O3S. The van der Waals surface area contributed by atoms with Crippen LogP contribution in [0.15, 0.2) is 76.9 Å². The summed E-state index contributed by atoms with van der Waals surface area (Å²) in [6, 6.07) is 19.6. The third kappa shape index (κ3) is 5.16. The number of aryl methyl sites for hydroxylation is 1. The van der Waals surface area contributed by atoms with E-state index in [0.717, 1.165) is 11.1 Å². The third-order valence-electron chi connectivity index (χ3n) is 5.12. The molecule has 0 aliphatic carbocycles. The van der Waals surface area contributed by atoms with Gasteiger partial charge in [0.25, 0.3) is 0 Å². The first-order valence-corrected chi connectivity index (χ1v) is 11.5. The van der Waals surface area contributed by atoms with Crippen molar-refractivity contribution in [3.63, 3.8) is 0 Å². The normalized spacial score (nSPS) is 14.9. The van der Waals surface area contributed by atoms with Crippen LogP contribution in [0.3, 0.4) is 0 Å². The summed E-state index contributed by atoms with van der Waals surface area (Å²) in [4.78, 5) is 26.6. The maximum absolute atomic E-state index is 12.7. The van der Waals surface area contributed by atoms with Crippen molar-refractivity contribution in [3.8, 4) is 5.75 Å². The SMILES string of the molecule is Cc1cccc(C(=O)Oc2ccccc2C=NN=C2SCC(=O)N2c2cccc(Cl)c2)c1C. The number of hydrogen-bond acceptors (Lipinski definition) is 6. The Bertz CT molecular complexity index is 1290. The molecule has 1 aliphatic rings. The van der Waals surface area contributed by atoms with Crippen LogP contribution in [0.2, 0.25) is 5.02 Å². The molecular weight excluding hydrogens is 458 g/mol. The Hall–Kier alpha value is -3.42. The first-order chi connectivity index (χ1) is 15.9. The minimum atomic E-state index is -0.438. The summed E-state index contributed by atoms with van der Waals surface area (Å²) < 4.78 is 5.65. The van der Waals surface area contributed by atoms with Gasteiger partial charge in [-0.3, -0.25) is 9.69 Å². The van der Waals surface area contributed by atoms with Gasteiger partial charge in [0.15, 0.2) is 5.17 Å². The van der Waals surface area contributed by atoms with Crippen molar-refractivity contribution in [2.45, 2.75) is 13.8 Å². The monoisotopic (exact) mass is 477 g/mol. The van der Waals surface area contributed by atoms with Gasteiger partial charge in [0.2, 0.25) is 5.91 Å². The molecule has 1 heterocycles. The van der Waals surface area contributed by atoms with E-state index in [0.29, 0.717) is 32.8 Å². The number of thioether (sulfide) groups is 1. The predicted octanol–water partition coefficient (Wildman–Crippen LogP) is 5.65. The van der Waals surface area contributed by atoms with E-state index in [1.807, 2.05) is 32.0 Å². The third-order valence-corrected chi connectivity index (χ3v) is 6.27. The van der Waals surface area contributed by atoms with Crippen molar-refractivity contribution in [1.29, 1.82) is 0 Å². The number of amidine groups is 1. The zero-order chi connectivity index (χ0) is 23.4. The molecule has 1 amide bonds. The highest BCUT2D eigenvalue weighted by Gasteiger charge is 2.30. The number of rotatable bonds is 5.